The van der Waals surface area contributed by atoms with Crippen LogP contribution in [0.25, 0.3) is 0 Å². The number of thioether (sulfide) groups is 1. The molecule has 1 aliphatic rings. The van der Waals surface area contributed by atoms with E-state index in [4.69, 9.17) is 0 Å². The van der Waals surface area contributed by atoms with Gasteiger partial charge in [0, 0.05) is 11.4 Å². The molecule has 0 amide bonds. The lowest BCUT2D eigenvalue weighted by Gasteiger charge is -2.06. The third-order valence-electron chi connectivity index (χ3n) is 3.13. The third-order valence-corrected chi connectivity index (χ3v) is 4.09. The van der Waals surface area contributed by atoms with Gasteiger partial charge in [-0.2, -0.15) is 0 Å². The van der Waals surface area contributed by atoms with Crippen molar-refractivity contribution in [2.75, 3.05) is 11.1 Å². The van der Waals surface area contributed by atoms with Crippen LogP contribution in [0.3, 0.4) is 0 Å². The molecule has 0 spiro atoms. The second kappa shape index (κ2) is 5.67. The van der Waals surface area contributed by atoms with Crippen LogP contribution in [0.15, 0.2) is 53.5 Å². The van der Waals surface area contributed by atoms with Gasteiger partial charge in [0.05, 0.1) is 6.04 Å². The summed E-state index contributed by atoms with van der Waals surface area (Å²) in [5, 5.41) is 4.05. The Labute approximate surface area is 122 Å². The van der Waals surface area contributed by atoms with Crippen molar-refractivity contribution in [3.63, 3.8) is 0 Å². The van der Waals surface area contributed by atoms with Crippen molar-refractivity contribution in [3.8, 4) is 0 Å². The lowest BCUT2D eigenvalue weighted by Crippen LogP contribution is -2.05. The average molecular weight is 286 g/mol. The Morgan fingerprint density at radius 3 is 2.75 bits per heavy atom. The summed E-state index contributed by atoms with van der Waals surface area (Å²) in [5.74, 6) is 0.691. The molecule has 0 saturated heterocycles. The summed E-state index contributed by atoms with van der Waals surface area (Å²) in [4.78, 5) is 4.66. The maximum atomic E-state index is 13.4. The summed E-state index contributed by atoms with van der Waals surface area (Å²) in [5.41, 5.74) is 2.87. The molecule has 3 rings (SSSR count). The minimum atomic E-state index is -0.226. The van der Waals surface area contributed by atoms with Crippen LogP contribution in [0.4, 0.5) is 10.1 Å². The van der Waals surface area contributed by atoms with Gasteiger partial charge in [-0.25, -0.2) is 4.39 Å². The zero-order chi connectivity index (χ0) is 13.9. The van der Waals surface area contributed by atoms with Gasteiger partial charge in [-0.1, -0.05) is 42.1 Å². The SMILES string of the molecule is Cc1cc(F)cc(NC2=NC(c3ccccc3)CS2)c1. The van der Waals surface area contributed by atoms with Gasteiger partial charge in [-0.15, -0.1) is 0 Å². The maximum absolute atomic E-state index is 13.4. The molecule has 0 aromatic heterocycles. The summed E-state index contributed by atoms with van der Waals surface area (Å²) < 4.78 is 13.4. The van der Waals surface area contributed by atoms with Gasteiger partial charge in [0.2, 0.25) is 0 Å². The van der Waals surface area contributed by atoms with Gasteiger partial charge < -0.3 is 5.32 Å². The first-order chi connectivity index (χ1) is 9.70. The van der Waals surface area contributed by atoms with Crippen molar-refractivity contribution >= 4 is 22.6 Å². The Hall–Kier alpha value is -1.81. The van der Waals surface area contributed by atoms with Gasteiger partial charge in [-0.3, -0.25) is 4.99 Å². The highest BCUT2D eigenvalue weighted by atomic mass is 32.2. The normalized spacial score (nSPS) is 17.9. The van der Waals surface area contributed by atoms with Crippen LogP contribution in [0, 0.1) is 12.7 Å². The van der Waals surface area contributed by atoms with Crippen LogP contribution < -0.4 is 5.32 Å². The first-order valence-corrected chi connectivity index (χ1v) is 7.49. The molecule has 1 N–H and O–H groups in total. The second-order valence-corrected chi connectivity index (χ2v) is 5.82. The van der Waals surface area contributed by atoms with E-state index in [2.05, 4.69) is 22.4 Å². The maximum Gasteiger partial charge on any atom is 0.161 e. The Kier molecular flexibility index (Phi) is 3.74. The van der Waals surface area contributed by atoms with E-state index < -0.39 is 0 Å². The van der Waals surface area contributed by atoms with E-state index in [-0.39, 0.29) is 11.9 Å². The smallest absolute Gasteiger partial charge is 0.161 e. The molecule has 2 aromatic rings. The number of rotatable bonds is 2. The van der Waals surface area contributed by atoms with E-state index in [0.29, 0.717) is 0 Å². The molecule has 4 heteroatoms. The van der Waals surface area contributed by atoms with Gasteiger partial charge in [-0.05, 0) is 36.2 Å². The number of halogens is 1. The van der Waals surface area contributed by atoms with Gasteiger partial charge in [0.15, 0.2) is 5.17 Å². The van der Waals surface area contributed by atoms with Gasteiger partial charge >= 0.3 is 0 Å². The molecule has 1 heterocycles. The van der Waals surface area contributed by atoms with Crippen LogP contribution in [-0.4, -0.2) is 10.9 Å². The van der Waals surface area contributed by atoms with Crippen LogP contribution >= 0.6 is 11.8 Å². The highest BCUT2D eigenvalue weighted by Crippen LogP contribution is 2.30. The second-order valence-electron chi connectivity index (χ2n) is 4.81. The van der Waals surface area contributed by atoms with Crippen LogP contribution in [0.2, 0.25) is 0 Å². The fraction of sp³-hybridized carbons (Fsp3) is 0.188. The number of aryl methyl sites for hydroxylation is 1. The van der Waals surface area contributed by atoms with Crippen molar-refractivity contribution in [2.24, 2.45) is 4.99 Å². The summed E-state index contributed by atoms with van der Waals surface area (Å²) >= 11 is 1.67. The van der Waals surface area contributed by atoms with Crippen molar-refractivity contribution in [1.29, 1.82) is 0 Å². The van der Waals surface area contributed by atoms with Crippen molar-refractivity contribution in [1.82, 2.24) is 0 Å². The highest BCUT2D eigenvalue weighted by molar-refractivity contribution is 8.14. The first-order valence-electron chi connectivity index (χ1n) is 6.50. The molecule has 0 radical (unpaired) electrons. The number of hydrogen-bond acceptors (Lipinski definition) is 3. The lowest BCUT2D eigenvalue weighted by atomic mass is 10.1. The number of hydrogen-bond donors (Lipinski definition) is 1. The zero-order valence-corrected chi connectivity index (χ0v) is 12.0. The van der Waals surface area contributed by atoms with E-state index >= 15 is 0 Å². The highest BCUT2D eigenvalue weighted by Gasteiger charge is 2.19. The fourth-order valence-corrected chi connectivity index (χ4v) is 3.19. The zero-order valence-electron chi connectivity index (χ0n) is 11.1. The summed E-state index contributed by atoms with van der Waals surface area (Å²) in [6, 6.07) is 15.3. The Bertz CT molecular complexity index is 620. The molecular weight excluding hydrogens is 271 g/mol. The van der Waals surface area contributed by atoms with Gasteiger partial charge in [0.1, 0.15) is 5.82 Å². The Balaban J connectivity index is 1.76. The average Bonchev–Trinajstić information content (AvgIpc) is 2.87. The number of aliphatic imine (C=N–C) groups is 1. The molecule has 1 aliphatic heterocycles. The molecule has 102 valence electrons. The molecular formula is C16H15FN2S. The van der Waals surface area contributed by atoms with Crippen molar-refractivity contribution in [2.45, 2.75) is 13.0 Å². The molecule has 2 nitrogen and oxygen atoms in total. The molecule has 1 unspecified atom stereocenters. The molecule has 0 bridgehead atoms. The van der Waals surface area contributed by atoms with E-state index in [1.54, 1.807) is 11.8 Å². The van der Waals surface area contributed by atoms with Gasteiger partial charge in [0.25, 0.3) is 0 Å². The minimum absolute atomic E-state index is 0.179. The molecule has 0 fully saturated rings. The quantitative estimate of drug-likeness (QED) is 0.885. The number of anilines is 1. The number of nitrogens with one attached hydrogen (secondary N) is 1. The fourth-order valence-electron chi connectivity index (χ4n) is 2.22. The number of amidine groups is 1. The standard InChI is InChI=1S/C16H15FN2S/c1-11-7-13(17)9-14(8-11)18-16-19-15(10-20-16)12-5-3-2-4-6-12/h2-9,15H,10H2,1H3,(H,18,19). The number of nitrogens with zero attached hydrogens (tertiary/aromatic N) is 1. The minimum Gasteiger partial charge on any atom is -0.335 e. The first kappa shape index (κ1) is 13.2. The van der Waals surface area contributed by atoms with E-state index in [0.717, 1.165) is 22.2 Å². The van der Waals surface area contributed by atoms with Crippen LogP contribution in [0.5, 0.6) is 0 Å². The van der Waals surface area contributed by atoms with E-state index in [1.165, 1.54) is 17.7 Å². The van der Waals surface area contributed by atoms with Crippen molar-refractivity contribution in [3.05, 3.63) is 65.5 Å². The Morgan fingerprint density at radius 1 is 1.20 bits per heavy atom. The number of benzene rings is 2. The topological polar surface area (TPSA) is 24.4 Å². The van der Waals surface area contributed by atoms with Crippen LogP contribution in [-0.2, 0) is 0 Å². The largest absolute Gasteiger partial charge is 0.335 e. The monoisotopic (exact) mass is 286 g/mol. The molecule has 2 aromatic carbocycles. The van der Waals surface area contributed by atoms with E-state index in [9.17, 15) is 4.39 Å². The molecule has 20 heavy (non-hydrogen) atoms. The van der Waals surface area contributed by atoms with Crippen molar-refractivity contribution < 1.29 is 4.39 Å². The third kappa shape index (κ3) is 3.02. The predicted molar refractivity (Wildman–Crippen MR) is 83.8 cm³/mol. The summed E-state index contributed by atoms with van der Waals surface area (Å²) in [6.07, 6.45) is 0. The molecule has 1 atom stereocenters. The van der Waals surface area contributed by atoms with E-state index in [1.807, 2.05) is 31.2 Å². The Morgan fingerprint density at radius 2 is 2.00 bits per heavy atom. The van der Waals surface area contributed by atoms with Crippen LogP contribution in [0.1, 0.15) is 17.2 Å². The molecule has 0 aliphatic carbocycles. The summed E-state index contributed by atoms with van der Waals surface area (Å²) in [6.45, 7) is 1.88. The lowest BCUT2D eigenvalue weighted by molar-refractivity contribution is 0.627. The summed E-state index contributed by atoms with van der Waals surface area (Å²) in [7, 11) is 0. The predicted octanol–water partition coefficient (Wildman–Crippen LogP) is 4.39. The molecule has 0 saturated carbocycles.